The minimum absolute atomic E-state index is 0.247. The van der Waals surface area contributed by atoms with E-state index in [4.69, 9.17) is 9.47 Å². The Morgan fingerprint density at radius 3 is 2.63 bits per heavy atom. The number of tetrazole rings is 1. The van der Waals surface area contributed by atoms with Crippen molar-refractivity contribution < 1.29 is 9.47 Å². The fraction of sp³-hybridized carbons (Fsp3) is 0.435. The third-order valence-electron chi connectivity index (χ3n) is 6.38. The molecular weight excluding hydrogens is 378 g/mol. The minimum atomic E-state index is -0.327. The predicted molar refractivity (Wildman–Crippen MR) is 114 cm³/mol. The SMILES string of the molecule is Cc1ccc(NC2(c3nnnn3-c3ccc4c(c3)OCO4)CCC(C)CC2)c(C)c1. The van der Waals surface area contributed by atoms with Crippen LogP contribution in [0.4, 0.5) is 5.69 Å². The van der Waals surface area contributed by atoms with E-state index in [0.29, 0.717) is 5.92 Å². The number of hydrogen-bond acceptors (Lipinski definition) is 6. The van der Waals surface area contributed by atoms with Gasteiger partial charge in [0.15, 0.2) is 17.3 Å². The molecule has 0 radical (unpaired) electrons. The summed E-state index contributed by atoms with van der Waals surface area (Å²) in [6.07, 6.45) is 4.22. The molecule has 2 aromatic carbocycles. The second-order valence-corrected chi connectivity index (χ2v) is 8.66. The highest BCUT2D eigenvalue weighted by molar-refractivity contribution is 5.55. The Balaban J connectivity index is 1.57. The molecule has 0 saturated heterocycles. The summed E-state index contributed by atoms with van der Waals surface area (Å²) in [6, 6.07) is 12.4. The molecule has 1 aliphatic heterocycles. The Kier molecular flexibility index (Phi) is 4.60. The van der Waals surface area contributed by atoms with Gasteiger partial charge in [0.05, 0.1) is 11.2 Å². The number of nitrogens with zero attached hydrogens (tertiary/aromatic N) is 4. The molecule has 7 heteroatoms. The smallest absolute Gasteiger partial charge is 0.231 e. The van der Waals surface area contributed by atoms with Crippen LogP contribution in [0.2, 0.25) is 0 Å². The fourth-order valence-corrected chi connectivity index (χ4v) is 4.55. The van der Waals surface area contributed by atoms with Crippen molar-refractivity contribution in [3.8, 4) is 17.2 Å². The molecule has 1 N–H and O–H groups in total. The van der Waals surface area contributed by atoms with Crippen molar-refractivity contribution in [1.82, 2.24) is 20.2 Å². The first-order chi connectivity index (χ1) is 14.5. The number of ether oxygens (including phenoxy) is 2. The van der Waals surface area contributed by atoms with Gasteiger partial charge in [-0.05, 0) is 79.6 Å². The Bertz CT molecular complexity index is 1070. The van der Waals surface area contributed by atoms with Crippen LogP contribution in [0.15, 0.2) is 36.4 Å². The van der Waals surface area contributed by atoms with Gasteiger partial charge < -0.3 is 14.8 Å². The van der Waals surface area contributed by atoms with E-state index in [-0.39, 0.29) is 12.3 Å². The third-order valence-corrected chi connectivity index (χ3v) is 6.38. The molecule has 1 fully saturated rings. The number of anilines is 1. The summed E-state index contributed by atoms with van der Waals surface area (Å²) in [7, 11) is 0. The first-order valence-electron chi connectivity index (χ1n) is 10.6. The topological polar surface area (TPSA) is 74.1 Å². The van der Waals surface area contributed by atoms with Crippen LogP contribution in [0.5, 0.6) is 11.5 Å². The zero-order chi connectivity index (χ0) is 20.7. The van der Waals surface area contributed by atoms with Crippen molar-refractivity contribution in [2.75, 3.05) is 12.1 Å². The molecule has 2 heterocycles. The van der Waals surface area contributed by atoms with Gasteiger partial charge in [0.25, 0.3) is 0 Å². The van der Waals surface area contributed by atoms with E-state index in [1.807, 2.05) is 22.9 Å². The monoisotopic (exact) mass is 405 g/mol. The summed E-state index contributed by atoms with van der Waals surface area (Å²) < 4.78 is 12.9. The zero-order valence-corrected chi connectivity index (χ0v) is 17.7. The van der Waals surface area contributed by atoms with Crippen molar-refractivity contribution in [2.45, 2.75) is 52.0 Å². The second-order valence-electron chi connectivity index (χ2n) is 8.66. The van der Waals surface area contributed by atoms with E-state index in [1.165, 1.54) is 11.1 Å². The van der Waals surface area contributed by atoms with E-state index in [1.54, 1.807) is 0 Å². The first kappa shape index (κ1) is 18.9. The highest BCUT2D eigenvalue weighted by Crippen LogP contribution is 2.43. The van der Waals surface area contributed by atoms with E-state index in [2.05, 4.69) is 59.8 Å². The number of fused-ring (bicyclic) bond motifs is 1. The van der Waals surface area contributed by atoms with Gasteiger partial charge in [-0.2, -0.15) is 4.68 Å². The summed E-state index contributed by atoms with van der Waals surface area (Å²) in [5.74, 6) is 3.02. The van der Waals surface area contributed by atoms with Crippen LogP contribution < -0.4 is 14.8 Å². The standard InChI is InChI=1S/C23H27N5O2/c1-15-8-10-23(11-9-15,24-19-6-4-16(2)12-17(19)3)22-25-26-27-28(22)18-5-7-20-21(13-18)30-14-29-20/h4-7,12-13,15,24H,8-11,14H2,1-3H3. The molecule has 7 nitrogen and oxygen atoms in total. The molecule has 1 aliphatic carbocycles. The summed E-state index contributed by atoms with van der Waals surface area (Å²) in [4.78, 5) is 0. The molecule has 1 aromatic heterocycles. The molecule has 3 aromatic rings. The van der Waals surface area contributed by atoms with Crippen LogP contribution in [-0.4, -0.2) is 27.0 Å². The summed E-state index contributed by atoms with van der Waals surface area (Å²) in [6.45, 7) is 6.84. The lowest BCUT2D eigenvalue weighted by Crippen LogP contribution is -2.41. The molecule has 0 amide bonds. The van der Waals surface area contributed by atoms with E-state index >= 15 is 0 Å². The maximum Gasteiger partial charge on any atom is 0.231 e. The number of hydrogen-bond donors (Lipinski definition) is 1. The minimum Gasteiger partial charge on any atom is -0.454 e. The number of aryl methyl sites for hydroxylation is 2. The Morgan fingerprint density at radius 1 is 1.03 bits per heavy atom. The highest BCUT2D eigenvalue weighted by Gasteiger charge is 2.41. The lowest BCUT2D eigenvalue weighted by molar-refractivity contribution is 0.174. The van der Waals surface area contributed by atoms with Gasteiger partial charge in [-0.25, -0.2) is 0 Å². The third kappa shape index (κ3) is 3.28. The van der Waals surface area contributed by atoms with Crippen LogP contribution in [-0.2, 0) is 5.54 Å². The Labute approximate surface area is 176 Å². The van der Waals surface area contributed by atoms with Gasteiger partial charge >= 0.3 is 0 Å². The molecule has 30 heavy (non-hydrogen) atoms. The van der Waals surface area contributed by atoms with Crippen molar-refractivity contribution in [1.29, 1.82) is 0 Å². The van der Waals surface area contributed by atoms with Crippen molar-refractivity contribution in [3.63, 3.8) is 0 Å². The molecular formula is C23H27N5O2. The average molecular weight is 406 g/mol. The summed E-state index contributed by atoms with van der Waals surface area (Å²) in [5.41, 5.74) is 4.17. The van der Waals surface area contributed by atoms with Gasteiger partial charge in [0.1, 0.15) is 0 Å². The van der Waals surface area contributed by atoms with Gasteiger partial charge in [-0.3, -0.25) is 0 Å². The average Bonchev–Trinajstić information content (AvgIpc) is 3.41. The Hall–Kier alpha value is -3.09. The normalized spacial score (nSPS) is 22.8. The molecule has 156 valence electrons. The molecule has 2 aliphatic rings. The highest BCUT2D eigenvalue weighted by atomic mass is 16.7. The number of aromatic nitrogens is 4. The molecule has 5 rings (SSSR count). The lowest BCUT2D eigenvalue weighted by atomic mass is 9.76. The van der Waals surface area contributed by atoms with Crippen molar-refractivity contribution >= 4 is 5.69 Å². The molecule has 0 bridgehead atoms. The van der Waals surface area contributed by atoms with Crippen LogP contribution in [0, 0.1) is 19.8 Å². The maximum absolute atomic E-state index is 5.56. The molecule has 0 unspecified atom stereocenters. The van der Waals surface area contributed by atoms with Crippen LogP contribution >= 0.6 is 0 Å². The number of nitrogens with one attached hydrogen (secondary N) is 1. The number of rotatable bonds is 4. The summed E-state index contributed by atoms with van der Waals surface area (Å²) >= 11 is 0. The molecule has 0 atom stereocenters. The molecule has 0 spiro atoms. The quantitative estimate of drug-likeness (QED) is 0.688. The van der Waals surface area contributed by atoms with Crippen LogP contribution in [0.3, 0.4) is 0 Å². The van der Waals surface area contributed by atoms with Crippen molar-refractivity contribution in [3.05, 3.63) is 53.3 Å². The van der Waals surface area contributed by atoms with Gasteiger partial charge in [-0.15, -0.1) is 5.10 Å². The summed E-state index contributed by atoms with van der Waals surface area (Å²) in [5, 5.41) is 16.8. The lowest BCUT2D eigenvalue weighted by Gasteiger charge is -2.40. The van der Waals surface area contributed by atoms with E-state index in [0.717, 1.165) is 54.4 Å². The van der Waals surface area contributed by atoms with Gasteiger partial charge in [0, 0.05) is 11.8 Å². The predicted octanol–water partition coefficient (Wildman–Crippen LogP) is 4.53. The van der Waals surface area contributed by atoms with E-state index < -0.39 is 0 Å². The van der Waals surface area contributed by atoms with Gasteiger partial charge in [-0.1, -0.05) is 24.6 Å². The van der Waals surface area contributed by atoms with Crippen LogP contribution in [0.1, 0.15) is 49.6 Å². The molecule has 1 saturated carbocycles. The van der Waals surface area contributed by atoms with Gasteiger partial charge in [0.2, 0.25) is 6.79 Å². The largest absolute Gasteiger partial charge is 0.454 e. The number of benzene rings is 2. The zero-order valence-electron chi connectivity index (χ0n) is 17.7. The maximum atomic E-state index is 5.56. The van der Waals surface area contributed by atoms with Crippen LogP contribution in [0.25, 0.3) is 5.69 Å². The van der Waals surface area contributed by atoms with E-state index in [9.17, 15) is 0 Å². The van der Waals surface area contributed by atoms with Crippen molar-refractivity contribution in [2.24, 2.45) is 5.92 Å². The Morgan fingerprint density at radius 2 is 1.83 bits per heavy atom. The fourth-order valence-electron chi connectivity index (χ4n) is 4.55. The first-order valence-corrected chi connectivity index (χ1v) is 10.6. The second kappa shape index (κ2) is 7.31.